The predicted molar refractivity (Wildman–Crippen MR) is 118 cm³/mol. The van der Waals surface area contributed by atoms with Crippen LogP contribution in [0.15, 0.2) is 77.3 Å². The van der Waals surface area contributed by atoms with E-state index in [9.17, 15) is 4.79 Å². The molecule has 1 amide bonds. The first-order chi connectivity index (χ1) is 14.6. The van der Waals surface area contributed by atoms with Crippen molar-refractivity contribution in [2.75, 3.05) is 12.4 Å². The first-order valence-electron chi connectivity index (χ1n) is 9.64. The number of carbonyl (C=O) groups excluding carboxylic acids is 1. The number of aromatic nitrogens is 1. The smallest absolute Gasteiger partial charge is 0.256 e. The number of nitrogens with zero attached hydrogens (tertiary/aromatic N) is 1. The Balaban J connectivity index is 1.67. The maximum atomic E-state index is 13.1. The SMILES string of the molecule is COc1cccc(-c2cnc(-c3ccccc3C(=O)Nc3c(C)cccc3C)o2)c1. The second-order valence-corrected chi connectivity index (χ2v) is 7.03. The lowest BCUT2D eigenvalue weighted by Crippen LogP contribution is -2.14. The van der Waals surface area contributed by atoms with Crippen molar-refractivity contribution in [2.45, 2.75) is 13.8 Å². The number of rotatable bonds is 5. The molecule has 0 aliphatic heterocycles. The largest absolute Gasteiger partial charge is 0.497 e. The van der Waals surface area contributed by atoms with Crippen LogP contribution in [0.2, 0.25) is 0 Å². The maximum absolute atomic E-state index is 13.1. The molecule has 1 heterocycles. The molecule has 0 aliphatic carbocycles. The van der Waals surface area contributed by atoms with Crippen LogP contribution in [0.4, 0.5) is 5.69 Å². The molecule has 0 spiro atoms. The number of nitrogens with one attached hydrogen (secondary N) is 1. The molecule has 4 rings (SSSR count). The van der Waals surface area contributed by atoms with Gasteiger partial charge < -0.3 is 14.5 Å². The van der Waals surface area contributed by atoms with Gasteiger partial charge in [0.2, 0.25) is 5.89 Å². The van der Waals surface area contributed by atoms with Gasteiger partial charge in [0.05, 0.1) is 18.9 Å². The molecule has 0 saturated carbocycles. The van der Waals surface area contributed by atoms with Crippen LogP contribution < -0.4 is 10.1 Å². The van der Waals surface area contributed by atoms with Gasteiger partial charge in [-0.1, -0.05) is 42.5 Å². The summed E-state index contributed by atoms with van der Waals surface area (Å²) in [5.74, 6) is 1.52. The van der Waals surface area contributed by atoms with E-state index in [1.54, 1.807) is 19.4 Å². The summed E-state index contributed by atoms with van der Waals surface area (Å²) in [6.07, 6.45) is 1.66. The van der Waals surface area contributed by atoms with Gasteiger partial charge in [0.25, 0.3) is 5.91 Å². The molecule has 0 saturated heterocycles. The molecule has 0 radical (unpaired) electrons. The van der Waals surface area contributed by atoms with Gasteiger partial charge in [0.15, 0.2) is 5.76 Å². The Labute approximate surface area is 175 Å². The van der Waals surface area contributed by atoms with Crippen LogP contribution in [0.1, 0.15) is 21.5 Å². The Morgan fingerprint density at radius 1 is 0.967 bits per heavy atom. The van der Waals surface area contributed by atoms with Gasteiger partial charge in [-0.3, -0.25) is 4.79 Å². The Kier molecular flexibility index (Phi) is 5.35. The van der Waals surface area contributed by atoms with Crippen LogP contribution in [0.25, 0.3) is 22.8 Å². The Hall–Kier alpha value is -3.86. The first-order valence-corrected chi connectivity index (χ1v) is 9.64. The summed E-state index contributed by atoms with van der Waals surface area (Å²) >= 11 is 0. The third-order valence-corrected chi connectivity index (χ3v) is 4.98. The van der Waals surface area contributed by atoms with Crippen molar-refractivity contribution >= 4 is 11.6 Å². The average Bonchev–Trinajstić information content (AvgIpc) is 3.26. The Morgan fingerprint density at radius 3 is 2.47 bits per heavy atom. The van der Waals surface area contributed by atoms with E-state index in [0.29, 0.717) is 22.8 Å². The summed E-state index contributed by atoms with van der Waals surface area (Å²) in [4.78, 5) is 17.5. The van der Waals surface area contributed by atoms with Gasteiger partial charge in [-0.25, -0.2) is 4.98 Å². The molecule has 0 unspecified atom stereocenters. The number of aryl methyl sites for hydroxylation is 2. The fraction of sp³-hybridized carbons (Fsp3) is 0.120. The van der Waals surface area contributed by atoms with Gasteiger partial charge in [0.1, 0.15) is 5.75 Å². The third kappa shape index (κ3) is 3.82. The molecule has 5 nitrogen and oxygen atoms in total. The molecule has 5 heteroatoms. The second kappa shape index (κ2) is 8.25. The molecule has 150 valence electrons. The quantitative estimate of drug-likeness (QED) is 0.455. The second-order valence-electron chi connectivity index (χ2n) is 7.03. The van der Waals surface area contributed by atoms with Crippen molar-refractivity contribution in [2.24, 2.45) is 0 Å². The molecule has 3 aromatic carbocycles. The summed E-state index contributed by atoms with van der Waals surface area (Å²) in [7, 11) is 1.62. The number of para-hydroxylation sites is 1. The van der Waals surface area contributed by atoms with Gasteiger partial charge in [-0.2, -0.15) is 0 Å². The van der Waals surface area contributed by atoms with Gasteiger partial charge in [-0.05, 0) is 49.2 Å². The Morgan fingerprint density at radius 2 is 1.70 bits per heavy atom. The minimum atomic E-state index is -0.205. The van der Waals surface area contributed by atoms with Crippen LogP contribution in [0.5, 0.6) is 5.75 Å². The molecule has 0 aliphatic rings. The predicted octanol–water partition coefficient (Wildman–Crippen LogP) is 5.89. The van der Waals surface area contributed by atoms with E-state index < -0.39 is 0 Å². The van der Waals surface area contributed by atoms with E-state index in [-0.39, 0.29) is 5.91 Å². The molecule has 0 atom stereocenters. The van der Waals surface area contributed by atoms with Gasteiger partial charge >= 0.3 is 0 Å². The van der Waals surface area contributed by atoms with Crippen molar-refractivity contribution in [1.29, 1.82) is 0 Å². The number of anilines is 1. The number of methoxy groups -OCH3 is 1. The summed E-state index contributed by atoms with van der Waals surface area (Å²) in [5.41, 5.74) is 4.83. The third-order valence-electron chi connectivity index (χ3n) is 4.98. The van der Waals surface area contributed by atoms with Crippen molar-refractivity contribution in [3.05, 3.63) is 89.6 Å². The van der Waals surface area contributed by atoms with E-state index in [1.807, 2.05) is 74.5 Å². The summed E-state index contributed by atoms with van der Waals surface area (Å²) < 4.78 is 11.3. The highest BCUT2D eigenvalue weighted by Crippen LogP contribution is 2.30. The topological polar surface area (TPSA) is 64.4 Å². The normalized spacial score (nSPS) is 10.6. The highest BCUT2D eigenvalue weighted by atomic mass is 16.5. The van der Waals surface area contributed by atoms with Gasteiger partial charge in [-0.15, -0.1) is 0 Å². The minimum Gasteiger partial charge on any atom is -0.497 e. The van der Waals surface area contributed by atoms with Crippen LogP contribution in [0.3, 0.4) is 0 Å². The molecule has 0 fully saturated rings. The fourth-order valence-corrected chi connectivity index (χ4v) is 3.37. The summed E-state index contributed by atoms with van der Waals surface area (Å²) in [6.45, 7) is 3.95. The molecule has 1 aromatic heterocycles. The van der Waals surface area contributed by atoms with Crippen LogP contribution in [-0.4, -0.2) is 18.0 Å². The number of oxazole rings is 1. The minimum absolute atomic E-state index is 0.205. The average molecular weight is 398 g/mol. The monoisotopic (exact) mass is 398 g/mol. The molecular weight excluding hydrogens is 376 g/mol. The van der Waals surface area contributed by atoms with E-state index in [1.165, 1.54) is 0 Å². The maximum Gasteiger partial charge on any atom is 0.256 e. The van der Waals surface area contributed by atoms with Crippen molar-refractivity contribution in [1.82, 2.24) is 4.98 Å². The van der Waals surface area contributed by atoms with Gasteiger partial charge in [0, 0.05) is 16.8 Å². The number of ether oxygens (including phenoxy) is 1. The van der Waals surface area contributed by atoms with Crippen molar-refractivity contribution < 1.29 is 13.9 Å². The molecule has 1 N–H and O–H groups in total. The van der Waals surface area contributed by atoms with Crippen molar-refractivity contribution in [3.8, 4) is 28.5 Å². The highest BCUT2D eigenvalue weighted by molar-refractivity contribution is 6.08. The van der Waals surface area contributed by atoms with E-state index in [0.717, 1.165) is 28.1 Å². The standard InChI is InChI=1S/C25H22N2O3/c1-16-8-6-9-17(2)23(16)27-24(28)20-12-4-5-13-21(20)25-26-15-22(30-25)18-10-7-11-19(14-18)29-3/h4-15H,1-3H3,(H,27,28). The number of carbonyl (C=O) groups is 1. The Bertz CT molecular complexity index is 1190. The zero-order valence-corrected chi connectivity index (χ0v) is 17.1. The highest BCUT2D eigenvalue weighted by Gasteiger charge is 2.18. The summed E-state index contributed by atoms with van der Waals surface area (Å²) in [6, 6.07) is 20.8. The number of hydrogen-bond acceptors (Lipinski definition) is 4. The zero-order valence-electron chi connectivity index (χ0n) is 17.1. The lowest BCUT2D eigenvalue weighted by atomic mass is 10.1. The van der Waals surface area contributed by atoms with Crippen molar-refractivity contribution in [3.63, 3.8) is 0 Å². The number of hydrogen-bond donors (Lipinski definition) is 1. The molecule has 30 heavy (non-hydrogen) atoms. The molecule has 4 aromatic rings. The van der Waals surface area contributed by atoms with Crippen LogP contribution >= 0.6 is 0 Å². The first kappa shape index (κ1) is 19.5. The van der Waals surface area contributed by atoms with E-state index in [2.05, 4.69) is 10.3 Å². The fourth-order valence-electron chi connectivity index (χ4n) is 3.37. The lowest BCUT2D eigenvalue weighted by Gasteiger charge is -2.12. The summed E-state index contributed by atoms with van der Waals surface area (Å²) in [5, 5.41) is 3.03. The molecular formula is C25H22N2O3. The van der Waals surface area contributed by atoms with E-state index in [4.69, 9.17) is 9.15 Å². The van der Waals surface area contributed by atoms with E-state index >= 15 is 0 Å². The number of benzene rings is 3. The number of amides is 1. The zero-order chi connectivity index (χ0) is 21.1. The molecule has 0 bridgehead atoms. The van der Waals surface area contributed by atoms with Crippen LogP contribution in [0, 0.1) is 13.8 Å². The lowest BCUT2D eigenvalue weighted by molar-refractivity contribution is 0.102. The van der Waals surface area contributed by atoms with Crippen LogP contribution in [-0.2, 0) is 0 Å².